The van der Waals surface area contributed by atoms with Crippen molar-refractivity contribution in [1.29, 1.82) is 0 Å². The third-order valence-electron chi connectivity index (χ3n) is 5.15. The molecule has 1 aliphatic heterocycles. The van der Waals surface area contributed by atoms with Gasteiger partial charge in [0.1, 0.15) is 6.04 Å². The Morgan fingerprint density at radius 3 is 2.88 bits per heavy atom. The third kappa shape index (κ3) is 2.27. The van der Waals surface area contributed by atoms with E-state index in [-0.39, 0.29) is 17.5 Å². The molecule has 124 valence electrons. The van der Waals surface area contributed by atoms with Gasteiger partial charge >= 0.3 is 0 Å². The van der Waals surface area contributed by atoms with Crippen molar-refractivity contribution in [3.63, 3.8) is 0 Å². The Kier molecular flexibility index (Phi) is 3.52. The van der Waals surface area contributed by atoms with Gasteiger partial charge in [0.2, 0.25) is 0 Å². The van der Waals surface area contributed by atoms with Crippen molar-refractivity contribution in [2.24, 2.45) is 0 Å². The maximum atomic E-state index is 13.1. The molecule has 24 heavy (non-hydrogen) atoms. The Morgan fingerprint density at radius 1 is 1.25 bits per heavy atom. The SMILES string of the molecule is CC1Cc2ccccc2N1C(=O)C(C)n1nc2c(cc1=O)CCC2. The zero-order valence-electron chi connectivity index (χ0n) is 14.0. The fourth-order valence-electron chi connectivity index (χ4n) is 3.90. The minimum Gasteiger partial charge on any atom is -0.307 e. The number of benzene rings is 1. The van der Waals surface area contributed by atoms with Crippen molar-refractivity contribution < 1.29 is 4.79 Å². The van der Waals surface area contributed by atoms with Gasteiger partial charge in [-0.2, -0.15) is 5.10 Å². The summed E-state index contributed by atoms with van der Waals surface area (Å²) in [6.45, 7) is 3.81. The van der Waals surface area contributed by atoms with Gasteiger partial charge in [0, 0.05) is 17.8 Å². The number of carbonyl (C=O) groups excluding carboxylic acids is 1. The predicted molar refractivity (Wildman–Crippen MR) is 92.3 cm³/mol. The first-order valence-electron chi connectivity index (χ1n) is 8.59. The van der Waals surface area contributed by atoms with Crippen LogP contribution in [0.5, 0.6) is 0 Å². The summed E-state index contributed by atoms with van der Waals surface area (Å²) in [5.74, 6) is -0.0694. The van der Waals surface area contributed by atoms with Crippen LogP contribution >= 0.6 is 0 Å². The molecule has 5 nitrogen and oxygen atoms in total. The highest BCUT2D eigenvalue weighted by molar-refractivity contribution is 5.98. The summed E-state index contributed by atoms with van der Waals surface area (Å²) in [4.78, 5) is 27.3. The van der Waals surface area contributed by atoms with Crippen molar-refractivity contribution >= 4 is 11.6 Å². The smallest absolute Gasteiger partial charge is 0.267 e. The molecule has 1 aromatic carbocycles. The Balaban J connectivity index is 1.69. The van der Waals surface area contributed by atoms with Crippen LogP contribution in [0.3, 0.4) is 0 Å². The molecule has 4 rings (SSSR count). The molecule has 2 aromatic rings. The summed E-state index contributed by atoms with van der Waals surface area (Å²) in [7, 11) is 0. The number of aromatic nitrogens is 2. The molecule has 2 heterocycles. The van der Waals surface area contributed by atoms with Crippen molar-refractivity contribution in [1.82, 2.24) is 9.78 Å². The van der Waals surface area contributed by atoms with Gasteiger partial charge in [-0.05, 0) is 56.7 Å². The molecule has 2 unspecified atom stereocenters. The minimum atomic E-state index is -0.600. The van der Waals surface area contributed by atoms with E-state index in [1.807, 2.05) is 30.0 Å². The zero-order valence-corrected chi connectivity index (χ0v) is 14.0. The highest BCUT2D eigenvalue weighted by atomic mass is 16.2. The summed E-state index contributed by atoms with van der Waals surface area (Å²) in [6.07, 6.45) is 3.68. The van der Waals surface area contributed by atoms with Crippen LogP contribution in [-0.2, 0) is 24.1 Å². The second-order valence-corrected chi connectivity index (χ2v) is 6.82. The van der Waals surface area contributed by atoms with Crippen LogP contribution in [0.4, 0.5) is 5.69 Å². The lowest BCUT2D eigenvalue weighted by molar-refractivity contribution is -0.122. The number of nitrogens with zero attached hydrogens (tertiary/aromatic N) is 3. The van der Waals surface area contributed by atoms with Crippen molar-refractivity contribution in [2.75, 3.05) is 4.90 Å². The van der Waals surface area contributed by atoms with Gasteiger partial charge in [-0.15, -0.1) is 0 Å². The molecule has 0 saturated heterocycles. The second-order valence-electron chi connectivity index (χ2n) is 6.82. The van der Waals surface area contributed by atoms with Gasteiger partial charge in [-0.1, -0.05) is 18.2 Å². The van der Waals surface area contributed by atoms with Gasteiger partial charge in [-0.25, -0.2) is 4.68 Å². The van der Waals surface area contributed by atoms with E-state index in [2.05, 4.69) is 11.2 Å². The lowest BCUT2D eigenvalue weighted by Crippen LogP contribution is -2.43. The lowest BCUT2D eigenvalue weighted by Gasteiger charge is -2.26. The molecular formula is C19H21N3O2. The summed E-state index contributed by atoms with van der Waals surface area (Å²) < 4.78 is 1.36. The molecule has 5 heteroatoms. The van der Waals surface area contributed by atoms with E-state index in [9.17, 15) is 9.59 Å². The molecule has 0 spiro atoms. The van der Waals surface area contributed by atoms with Crippen molar-refractivity contribution in [3.05, 3.63) is 57.5 Å². The van der Waals surface area contributed by atoms with Crippen LogP contribution in [0.2, 0.25) is 0 Å². The van der Waals surface area contributed by atoms with Gasteiger partial charge < -0.3 is 4.90 Å². The van der Waals surface area contributed by atoms with E-state index < -0.39 is 6.04 Å². The molecule has 0 radical (unpaired) electrons. The average Bonchev–Trinajstić information content (AvgIpc) is 3.15. The Bertz CT molecular complexity index is 871. The van der Waals surface area contributed by atoms with Crippen molar-refractivity contribution in [2.45, 2.75) is 51.6 Å². The van der Waals surface area contributed by atoms with Crippen LogP contribution in [-0.4, -0.2) is 21.7 Å². The van der Waals surface area contributed by atoms with E-state index in [0.29, 0.717) is 0 Å². The number of rotatable bonds is 2. The largest absolute Gasteiger partial charge is 0.307 e. The number of hydrogen-bond acceptors (Lipinski definition) is 3. The lowest BCUT2D eigenvalue weighted by atomic mass is 10.1. The van der Waals surface area contributed by atoms with E-state index in [1.54, 1.807) is 13.0 Å². The molecule has 2 atom stereocenters. The van der Waals surface area contributed by atoms with Crippen LogP contribution in [0, 0.1) is 0 Å². The Hall–Kier alpha value is -2.43. The van der Waals surface area contributed by atoms with Gasteiger partial charge in [0.15, 0.2) is 0 Å². The first-order chi connectivity index (χ1) is 11.6. The molecule has 2 aliphatic rings. The second kappa shape index (κ2) is 5.58. The third-order valence-corrected chi connectivity index (χ3v) is 5.15. The number of aryl methyl sites for hydroxylation is 2. The monoisotopic (exact) mass is 323 g/mol. The van der Waals surface area contributed by atoms with Crippen LogP contribution < -0.4 is 10.5 Å². The molecule has 1 aliphatic carbocycles. The summed E-state index contributed by atoms with van der Waals surface area (Å²) >= 11 is 0. The van der Waals surface area contributed by atoms with Crippen LogP contribution in [0.15, 0.2) is 35.1 Å². The first-order valence-corrected chi connectivity index (χ1v) is 8.59. The summed E-state index contributed by atoms with van der Waals surface area (Å²) in [6, 6.07) is 9.13. The molecule has 0 bridgehead atoms. The maximum Gasteiger partial charge on any atom is 0.267 e. The predicted octanol–water partition coefficient (Wildman–Crippen LogP) is 2.27. The van der Waals surface area contributed by atoms with E-state index in [4.69, 9.17) is 0 Å². The highest BCUT2D eigenvalue weighted by Crippen LogP contribution is 2.33. The number of hydrogen-bond donors (Lipinski definition) is 0. The average molecular weight is 323 g/mol. The number of para-hydroxylation sites is 1. The van der Waals surface area contributed by atoms with Crippen molar-refractivity contribution in [3.8, 4) is 0 Å². The van der Waals surface area contributed by atoms with Crippen LogP contribution in [0.25, 0.3) is 0 Å². The molecular weight excluding hydrogens is 302 g/mol. The number of carbonyl (C=O) groups is 1. The molecule has 1 aromatic heterocycles. The zero-order chi connectivity index (χ0) is 16.8. The molecule has 0 saturated carbocycles. The van der Waals surface area contributed by atoms with E-state index in [0.717, 1.165) is 42.6 Å². The topological polar surface area (TPSA) is 55.2 Å². The van der Waals surface area contributed by atoms with Gasteiger partial charge in [0.25, 0.3) is 11.5 Å². The summed E-state index contributed by atoms with van der Waals surface area (Å²) in [5.41, 5.74) is 3.95. The first kappa shape index (κ1) is 15.1. The number of amides is 1. The van der Waals surface area contributed by atoms with Gasteiger partial charge in [0.05, 0.1) is 5.69 Å². The molecule has 1 amide bonds. The van der Waals surface area contributed by atoms with Crippen LogP contribution in [0.1, 0.15) is 43.1 Å². The standard InChI is InChI=1S/C19H21N3O2/c1-12-10-15-6-3-4-9-17(15)21(12)19(24)13(2)22-18(23)11-14-7-5-8-16(14)20-22/h3-4,6,9,11-13H,5,7-8,10H2,1-2H3. The highest BCUT2D eigenvalue weighted by Gasteiger charge is 2.34. The minimum absolute atomic E-state index is 0.0694. The summed E-state index contributed by atoms with van der Waals surface area (Å²) in [5, 5.41) is 4.48. The quantitative estimate of drug-likeness (QED) is 0.852. The number of anilines is 1. The van der Waals surface area contributed by atoms with E-state index >= 15 is 0 Å². The molecule has 0 N–H and O–H groups in total. The fourth-order valence-corrected chi connectivity index (χ4v) is 3.90. The Labute approximate surface area is 140 Å². The van der Waals surface area contributed by atoms with Gasteiger partial charge in [-0.3, -0.25) is 9.59 Å². The fraction of sp³-hybridized carbons (Fsp3) is 0.421. The Morgan fingerprint density at radius 2 is 2.04 bits per heavy atom. The molecule has 0 fully saturated rings. The maximum absolute atomic E-state index is 13.1. The number of fused-ring (bicyclic) bond motifs is 2. The normalized spacial score (nSPS) is 19.9. The van der Waals surface area contributed by atoms with E-state index in [1.165, 1.54) is 10.2 Å².